The maximum Gasteiger partial charge on any atom is 0.223 e. The Morgan fingerprint density at radius 3 is 2.74 bits per heavy atom. The van der Waals surface area contributed by atoms with Gasteiger partial charge < -0.3 is 10.2 Å². The molecule has 0 aromatic heterocycles. The molecule has 1 amide bonds. The Kier molecular flexibility index (Phi) is 7.16. The van der Waals surface area contributed by atoms with Crippen LogP contribution in [0, 0.1) is 11.7 Å². The zero-order valence-corrected chi connectivity index (χ0v) is 14.5. The third-order valence-electron chi connectivity index (χ3n) is 4.39. The molecule has 1 heterocycles. The van der Waals surface area contributed by atoms with Crippen molar-refractivity contribution in [3.8, 4) is 0 Å². The van der Waals surface area contributed by atoms with Gasteiger partial charge in [-0.05, 0) is 26.0 Å². The van der Waals surface area contributed by atoms with Gasteiger partial charge in [-0.1, -0.05) is 19.1 Å². The van der Waals surface area contributed by atoms with Crippen LogP contribution in [0.5, 0.6) is 0 Å². The number of ketones is 1. The van der Waals surface area contributed by atoms with Crippen LogP contribution in [-0.2, 0) is 4.79 Å². The molecule has 0 saturated carbocycles. The van der Waals surface area contributed by atoms with Gasteiger partial charge in [0.2, 0.25) is 5.91 Å². The van der Waals surface area contributed by atoms with E-state index in [-0.39, 0.29) is 42.6 Å². The Hall–Kier alpha value is -1.46. The number of benzene rings is 1. The highest BCUT2D eigenvalue weighted by atomic mass is 35.5. The van der Waals surface area contributed by atoms with Gasteiger partial charge in [0, 0.05) is 43.1 Å². The summed E-state index contributed by atoms with van der Waals surface area (Å²) in [7, 11) is 0. The largest absolute Gasteiger partial charge is 0.337 e. The van der Waals surface area contributed by atoms with Crippen LogP contribution in [0.3, 0.4) is 0 Å². The molecule has 2 rings (SSSR count). The normalized spacial score (nSPS) is 22.2. The second-order valence-electron chi connectivity index (χ2n) is 6.05. The highest BCUT2D eigenvalue weighted by Gasteiger charge is 2.30. The van der Waals surface area contributed by atoms with Crippen molar-refractivity contribution in [3.63, 3.8) is 0 Å². The summed E-state index contributed by atoms with van der Waals surface area (Å²) in [6.07, 6.45) is 0.159. The standard InChI is InChI=1S/C17H23FN2O2.ClH/c1-11(17(22)14-5-4-6-15(18)10-14)9-16(21)20-8-7-19-12(2)13(20)3;/h4-6,10-13,19H,7-9H2,1-3H3;1H. The van der Waals surface area contributed by atoms with Gasteiger partial charge in [-0.2, -0.15) is 0 Å². The number of rotatable bonds is 4. The predicted octanol–water partition coefficient (Wildman–Crippen LogP) is 2.67. The van der Waals surface area contributed by atoms with Gasteiger partial charge in [0.25, 0.3) is 0 Å². The molecule has 6 heteroatoms. The third kappa shape index (κ3) is 4.75. The van der Waals surface area contributed by atoms with Crippen molar-refractivity contribution in [1.29, 1.82) is 0 Å². The number of hydrogen-bond acceptors (Lipinski definition) is 3. The van der Waals surface area contributed by atoms with Gasteiger partial charge in [-0.15, -0.1) is 12.4 Å². The van der Waals surface area contributed by atoms with E-state index in [2.05, 4.69) is 5.32 Å². The van der Waals surface area contributed by atoms with Crippen LogP contribution >= 0.6 is 12.4 Å². The smallest absolute Gasteiger partial charge is 0.223 e. The van der Waals surface area contributed by atoms with Crippen molar-refractivity contribution in [2.45, 2.75) is 39.3 Å². The zero-order valence-electron chi connectivity index (χ0n) is 13.7. The number of halogens is 2. The monoisotopic (exact) mass is 342 g/mol. The van der Waals surface area contributed by atoms with E-state index in [9.17, 15) is 14.0 Å². The molecule has 128 valence electrons. The lowest BCUT2D eigenvalue weighted by Crippen LogP contribution is -2.57. The molecule has 1 aromatic rings. The molecule has 1 aliphatic heterocycles. The topological polar surface area (TPSA) is 49.4 Å². The molecule has 4 nitrogen and oxygen atoms in total. The van der Waals surface area contributed by atoms with Crippen LogP contribution in [0.2, 0.25) is 0 Å². The Bertz CT molecular complexity index is 567. The van der Waals surface area contributed by atoms with Crippen LogP contribution in [0.25, 0.3) is 0 Å². The maximum absolute atomic E-state index is 13.2. The molecule has 0 spiro atoms. The molecule has 0 aliphatic carbocycles. The molecule has 0 radical (unpaired) electrons. The van der Waals surface area contributed by atoms with E-state index >= 15 is 0 Å². The predicted molar refractivity (Wildman–Crippen MR) is 90.4 cm³/mol. The third-order valence-corrected chi connectivity index (χ3v) is 4.39. The number of Topliss-reactive ketones (excluding diaryl/α,β-unsaturated/α-hetero) is 1. The molecular weight excluding hydrogens is 319 g/mol. The van der Waals surface area contributed by atoms with Gasteiger partial charge in [-0.3, -0.25) is 9.59 Å². The van der Waals surface area contributed by atoms with Crippen molar-refractivity contribution < 1.29 is 14.0 Å². The summed E-state index contributed by atoms with van der Waals surface area (Å²) in [5.74, 6) is -1.09. The number of nitrogens with one attached hydrogen (secondary N) is 1. The molecular formula is C17H24ClFN2O2. The molecule has 1 aliphatic rings. The number of piperazine rings is 1. The first-order valence-electron chi connectivity index (χ1n) is 7.72. The molecule has 1 aromatic carbocycles. The first-order valence-corrected chi connectivity index (χ1v) is 7.72. The molecule has 3 unspecified atom stereocenters. The van der Waals surface area contributed by atoms with Crippen molar-refractivity contribution in [2.75, 3.05) is 13.1 Å². The average molecular weight is 343 g/mol. The highest BCUT2D eigenvalue weighted by Crippen LogP contribution is 2.17. The van der Waals surface area contributed by atoms with Crippen LogP contribution < -0.4 is 5.32 Å². The van der Waals surface area contributed by atoms with E-state index in [1.165, 1.54) is 18.2 Å². The fraction of sp³-hybridized carbons (Fsp3) is 0.529. The van der Waals surface area contributed by atoms with Crippen LogP contribution in [-0.4, -0.2) is 41.8 Å². The van der Waals surface area contributed by atoms with E-state index in [4.69, 9.17) is 0 Å². The summed E-state index contributed by atoms with van der Waals surface area (Å²) in [4.78, 5) is 26.6. The number of hydrogen-bond donors (Lipinski definition) is 1. The Morgan fingerprint density at radius 1 is 1.39 bits per heavy atom. The van der Waals surface area contributed by atoms with E-state index in [1.54, 1.807) is 13.0 Å². The van der Waals surface area contributed by atoms with Crippen molar-refractivity contribution in [1.82, 2.24) is 10.2 Å². The van der Waals surface area contributed by atoms with Crippen molar-refractivity contribution >= 4 is 24.1 Å². The second-order valence-corrected chi connectivity index (χ2v) is 6.05. The Morgan fingerprint density at radius 2 is 2.09 bits per heavy atom. The van der Waals surface area contributed by atoms with Crippen LogP contribution in [0.15, 0.2) is 24.3 Å². The maximum atomic E-state index is 13.2. The van der Waals surface area contributed by atoms with Crippen LogP contribution in [0.1, 0.15) is 37.6 Å². The molecule has 1 saturated heterocycles. The van der Waals surface area contributed by atoms with E-state index in [0.29, 0.717) is 12.1 Å². The summed E-state index contributed by atoms with van der Waals surface area (Å²) < 4.78 is 13.2. The molecule has 3 atom stereocenters. The SMILES string of the molecule is CC(CC(=O)N1CCNC(C)C1C)C(=O)c1cccc(F)c1.Cl. The Balaban J connectivity index is 0.00000264. The number of nitrogens with zero attached hydrogens (tertiary/aromatic N) is 1. The van der Waals surface area contributed by atoms with Gasteiger partial charge in [-0.25, -0.2) is 4.39 Å². The fourth-order valence-corrected chi connectivity index (χ4v) is 2.81. The summed E-state index contributed by atoms with van der Waals surface area (Å²) in [6, 6.07) is 5.97. The number of carbonyl (C=O) groups is 2. The van der Waals surface area contributed by atoms with Crippen LogP contribution in [0.4, 0.5) is 4.39 Å². The minimum absolute atomic E-state index is 0. The van der Waals surface area contributed by atoms with Gasteiger partial charge in [0.05, 0.1) is 0 Å². The quantitative estimate of drug-likeness (QED) is 0.856. The molecule has 0 bridgehead atoms. The lowest BCUT2D eigenvalue weighted by molar-refractivity contribution is -0.135. The first-order chi connectivity index (χ1) is 10.4. The van der Waals surface area contributed by atoms with Gasteiger partial charge in [0.1, 0.15) is 5.82 Å². The second kappa shape index (κ2) is 8.41. The molecule has 1 N–H and O–H groups in total. The van der Waals surface area contributed by atoms with Crippen molar-refractivity contribution in [3.05, 3.63) is 35.6 Å². The zero-order chi connectivity index (χ0) is 16.3. The summed E-state index contributed by atoms with van der Waals surface area (Å²) in [5.41, 5.74) is 0.321. The number of carbonyl (C=O) groups excluding carboxylic acids is 2. The lowest BCUT2D eigenvalue weighted by Gasteiger charge is -2.39. The molecule has 1 fully saturated rings. The van der Waals surface area contributed by atoms with E-state index in [1.807, 2.05) is 18.7 Å². The first kappa shape index (κ1) is 19.6. The van der Waals surface area contributed by atoms with E-state index in [0.717, 1.165) is 6.54 Å². The van der Waals surface area contributed by atoms with Gasteiger partial charge >= 0.3 is 0 Å². The van der Waals surface area contributed by atoms with Crippen molar-refractivity contribution in [2.24, 2.45) is 5.92 Å². The minimum Gasteiger partial charge on any atom is -0.337 e. The average Bonchev–Trinajstić information content (AvgIpc) is 2.49. The highest BCUT2D eigenvalue weighted by molar-refractivity contribution is 5.99. The lowest BCUT2D eigenvalue weighted by atomic mass is 9.95. The minimum atomic E-state index is -0.452. The summed E-state index contributed by atoms with van der Waals surface area (Å²) in [6.45, 7) is 7.20. The number of amides is 1. The van der Waals surface area contributed by atoms with Gasteiger partial charge in [0.15, 0.2) is 5.78 Å². The Labute approximate surface area is 142 Å². The van der Waals surface area contributed by atoms with E-state index < -0.39 is 11.7 Å². The summed E-state index contributed by atoms with van der Waals surface area (Å²) in [5, 5.41) is 3.32. The summed E-state index contributed by atoms with van der Waals surface area (Å²) >= 11 is 0. The fourth-order valence-electron chi connectivity index (χ4n) is 2.81. The molecule has 23 heavy (non-hydrogen) atoms.